The summed E-state index contributed by atoms with van der Waals surface area (Å²) in [6.07, 6.45) is -4.10. The number of likely N-dealkylation sites (tertiary alicyclic amines) is 1. The summed E-state index contributed by atoms with van der Waals surface area (Å²) < 4.78 is 97.8. The standard InChI is InChI=1S/C23H24F5NO5S/c1-2-20(35(31,32)17-7-5-6-16(14-17)34-23(26,27)28)15-10-12-29(13-11-15)21(30)18-8-3-4-9-19(18)33-22(24)25/h3-9,14-15,20,22H,2,10-13H2,1H3. The van der Waals surface area contributed by atoms with Gasteiger partial charge in [-0.05, 0) is 55.5 Å². The van der Waals surface area contributed by atoms with Crippen LogP contribution < -0.4 is 9.47 Å². The van der Waals surface area contributed by atoms with Crippen molar-refractivity contribution in [3.63, 3.8) is 0 Å². The molecule has 0 bridgehead atoms. The number of hydrogen-bond donors (Lipinski definition) is 0. The Morgan fingerprint density at radius 1 is 1.09 bits per heavy atom. The Labute approximate surface area is 199 Å². The minimum Gasteiger partial charge on any atom is -0.434 e. The summed E-state index contributed by atoms with van der Waals surface area (Å²) in [5, 5.41) is -0.879. The molecule has 1 heterocycles. The van der Waals surface area contributed by atoms with E-state index < -0.39 is 39.7 Å². The van der Waals surface area contributed by atoms with Crippen LogP contribution >= 0.6 is 0 Å². The van der Waals surface area contributed by atoms with E-state index in [-0.39, 0.29) is 41.6 Å². The van der Waals surface area contributed by atoms with Gasteiger partial charge < -0.3 is 14.4 Å². The van der Waals surface area contributed by atoms with Gasteiger partial charge in [0.2, 0.25) is 0 Å². The van der Waals surface area contributed by atoms with E-state index in [1.807, 2.05) is 0 Å². The number of hydrogen-bond acceptors (Lipinski definition) is 5. The lowest BCUT2D eigenvalue weighted by molar-refractivity contribution is -0.274. The topological polar surface area (TPSA) is 72.9 Å². The van der Waals surface area contributed by atoms with E-state index in [9.17, 15) is 35.2 Å². The fraction of sp³-hybridized carbons (Fsp3) is 0.435. The van der Waals surface area contributed by atoms with Gasteiger partial charge in [0.15, 0.2) is 9.84 Å². The second-order valence-corrected chi connectivity index (χ2v) is 10.2. The van der Waals surface area contributed by atoms with Crippen LogP contribution in [0.15, 0.2) is 53.4 Å². The molecule has 0 spiro atoms. The molecule has 0 saturated carbocycles. The Kier molecular flexibility index (Phi) is 8.24. The molecule has 6 nitrogen and oxygen atoms in total. The third-order valence-electron chi connectivity index (χ3n) is 5.85. The maximum absolute atomic E-state index is 13.3. The third kappa shape index (κ3) is 6.62. The number of piperidine rings is 1. The summed E-state index contributed by atoms with van der Waals surface area (Å²) in [5.41, 5.74) is -0.0209. The van der Waals surface area contributed by atoms with Crippen molar-refractivity contribution in [3.8, 4) is 11.5 Å². The molecule has 0 radical (unpaired) electrons. The van der Waals surface area contributed by atoms with Crippen molar-refractivity contribution in [2.75, 3.05) is 13.1 Å². The fourth-order valence-electron chi connectivity index (χ4n) is 4.32. The lowest BCUT2D eigenvalue weighted by atomic mass is 9.91. The largest absolute Gasteiger partial charge is 0.573 e. The summed E-state index contributed by atoms with van der Waals surface area (Å²) in [6.45, 7) is -1.04. The van der Waals surface area contributed by atoms with Crippen LogP contribution in [0.25, 0.3) is 0 Å². The van der Waals surface area contributed by atoms with E-state index in [2.05, 4.69) is 9.47 Å². The maximum atomic E-state index is 13.3. The minimum atomic E-state index is -4.95. The molecule has 192 valence electrons. The fourth-order valence-corrected chi connectivity index (χ4v) is 6.43. The molecule has 1 aliphatic rings. The Hall–Kier alpha value is -2.89. The van der Waals surface area contributed by atoms with E-state index in [1.54, 1.807) is 6.92 Å². The first-order valence-electron chi connectivity index (χ1n) is 10.8. The molecule has 0 aromatic heterocycles. The monoisotopic (exact) mass is 521 g/mol. The van der Waals surface area contributed by atoms with Crippen LogP contribution in [0.1, 0.15) is 36.5 Å². The van der Waals surface area contributed by atoms with E-state index in [4.69, 9.17) is 0 Å². The highest BCUT2D eigenvalue weighted by Crippen LogP contribution is 2.34. The van der Waals surface area contributed by atoms with Crippen molar-refractivity contribution >= 4 is 15.7 Å². The molecule has 12 heteroatoms. The highest BCUT2D eigenvalue weighted by molar-refractivity contribution is 7.92. The van der Waals surface area contributed by atoms with Crippen LogP contribution in [0, 0.1) is 5.92 Å². The van der Waals surface area contributed by atoms with Crippen molar-refractivity contribution in [2.24, 2.45) is 5.92 Å². The van der Waals surface area contributed by atoms with Gasteiger partial charge in [0, 0.05) is 13.1 Å². The average Bonchev–Trinajstić information content (AvgIpc) is 2.78. The van der Waals surface area contributed by atoms with Gasteiger partial charge in [-0.15, -0.1) is 13.2 Å². The quantitative estimate of drug-likeness (QED) is 0.442. The highest BCUT2D eigenvalue weighted by Gasteiger charge is 2.37. The summed E-state index contributed by atoms with van der Waals surface area (Å²) in [4.78, 5) is 14.1. The third-order valence-corrected chi connectivity index (χ3v) is 8.28. The highest BCUT2D eigenvalue weighted by atomic mass is 32.2. The molecular formula is C23H24F5NO5S. The van der Waals surface area contributed by atoms with Crippen molar-refractivity contribution in [1.29, 1.82) is 0 Å². The van der Waals surface area contributed by atoms with Gasteiger partial charge in [0.05, 0.1) is 15.7 Å². The number of halogens is 5. The number of para-hydroxylation sites is 1. The number of nitrogens with zero attached hydrogens (tertiary/aromatic N) is 1. The second-order valence-electron chi connectivity index (χ2n) is 8.02. The predicted molar refractivity (Wildman–Crippen MR) is 116 cm³/mol. The molecule has 2 aromatic rings. The molecule has 35 heavy (non-hydrogen) atoms. The zero-order chi connectivity index (χ0) is 25.8. The van der Waals surface area contributed by atoms with E-state index >= 15 is 0 Å². The van der Waals surface area contributed by atoms with Crippen LogP contribution in [0.2, 0.25) is 0 Å². The van der Waals surface area contributed by atoms with Gasteiger partial charge in [0.25, 0.3) is 5.91 Å². The van der Waals surface area contributed by atoms with Gasteiger partial charge in [-0.2, -0.15) is 8.78 Å². The predicted octanol–water partition coefficient (Wildman–Crippen LogP) is 5.29. The number of rotatable bonds is 8. The SMILES string of the molecule is CCC(C1CCN(C(=O)c2ccccc2OC(F)F)CC1)S(=O)(=O)c1cccc(OC(F)(F)F)c1. The number of carbonyl (C=O) groups excluding carboxylic acids is 1. The van der Waals surface area contributed by atoms with E-state index in [1.165, 1.54) is 41.3 Å². The number of carbonyl (C=O) groups is 1. The Morgan fingerprint density at radius 3 is 2.34 bits per heavy atom. The van der Waals surface area contributed by atoms with Crippen LogP contribution in [-0.2, 0) is 9.84 Å². The molecule has 1 fully saturated rings. The molecule has 1 atom stereocenters. The summed E-state index contributed by atoms with van der Waals surface area (Å²) in [6, 6.07) is 9.91. The molecule has 0 N–H and O–H groups in total. The number of benzene rings is 2. The van der Waals surface area contributed by atoms with Crippen LogP contribution in [0.4, 0.5) is 22.0 Å². The van der Waals surface area contributed by atoms with Gasteiger partial charge >= 0.3 is 13.0 Å². The van der Waals surface area contributed by atoms with E-state index in [0.717, 1.165) is 12.1 Å². The van der Waals surface area contributed by atoms with Crippen LogP contribution in [-0.4, -0.2) is 50.5 Å². The van der Waals surface area contributed by atoms with Crippen molar-refractivity contribution in [2.45, 2.75) is 49.3 Å². The molecule has 0 aliphatic carbocycles. The Bertz CT molecular complexity index is 1130. The normalized spacial score (nSPS) is 16.3. The molecule has 1 aliphatic heterocycles. The second kappa shape index (κ2) is 10.8. The van der Waals surface area contributed by atoms with Crippen molar-refractivity contribution in [3.05, 3.63) is 54.1 Å². The number of sulfone groups is 1. The number of alkyl halides is 5. The summed E-state index contributed by atoms with van der Waals surface area (Å²) in [7, 11) is -3.99. The van der Waals surface area contributed by atoms with Gasteiger partial charge in [0.1, 0.15) is 11.5 Å². The first-order valence-corrected chi connectivity index (χ1v) is 12.4. The molecule has 2 aromatic carbocycles. The number of amides is 1. The molecule has 1 amide bonds. The van der Waals surface area contributed by atoms with Gasteiger partial charge in [-0.1, -0.05) is 25.1 Å². The average molecular weight is 522 g/mol. The summed E-state index contributed by atoms with van der Waals surface area (Å²) >= 11 is 0. The first-order chi connectivity index (χ1) is 16.4. The Balaban J connectivity index is 1.73. The molecule has 3 rings (SSSR count). The Morgan fingerprint density at radius 2 is 1.74 bits per heavy atom. The van der Waals surface area contributed by atoms with E-state index in [0.29, 0.717) is 12.8 Å². The van der Waals surface area contributed by atoms with Crippen LogP contribution in [0.5, 0.6) is 11.5 Å². The minimum absolute atomic E-state index is 0.0209. The van der Waals surface area contributed by atoms with Crippen LogP contribution in [0.3, 0.4) is 0 Å². The zero-order valence-corrected chi connectivity index (χ0v) is 19.5. The smallest absolute Gasteiger partial charge is 0.434 e. The van der Waals surface area contributed by atoms with Crippen molar-refractivity contribution in [1.82, 2.24) is 4.90 Å². The van der Waals surface area contributed by atoms with Crippen molar-refractivity contribution < 1.29 is 44.6 Å². The first kappa shape index (κ1) is 26.7. The lowest BCUT2D eigenvalue weighted by Gasteiger charge is -2.35. The lowest BCUT2D eigenvalue weighted by Crippen LogP contribution is -2.43. The molecule has 1 saturated heterocycles. The maximum Gasteiger partial charge on any atom is 0.573 e. The number of ether oxygens (including phenoxy) is 2. The van der Waals surface area contributed by atoms with Gasteiger partial charge in [-0.3, -0.25) is 4.79 Å². The molecule has 1 unspecified atom stereocenters. The molecular weight excluding hydrogens is 497 g/mol. The zero-order valence-electron chi connectivity index (χ0n) is 18.7. The van der Waals surface area contributed by atoms with Gasteiger partial charge in [-0.25, -0.2) is 8.42 Å². The summed E-state index contributed by atoms with van der Waals surface area (Å²) in [5.74, 6) is -1.73.